The Bertz CT molecular complexity index is 257. The lowest BCUT2D eigenvalue weighted by Gasteiger charge is -2.07. The minimum atomic E-state index is -0.0152. The summed E-state index contributed by atoms with van der Waals surface area (Å²) in [4.78, 5) is 15.2. The van der Waals surface area contributed by atoms with Crippen molar-refractivity contribution in [3.05, 3.63) is 6.33 Å². The fraction of sp³-hybridized carbons (Fsp3) is 0.625. The quantitative estimate of drug-likeness (QED) is 0.734. The van der Waals surface area contributed by atoms with Crippen LogP contribution >= 0.6 is 0 Å². The van der Waals surface area contributed by atoms with Crippen LogP contribution in [-0.2, 0) is 4.79 Å². The minimum Gasteiger partial charge on any atom is -0.295 e. The maximum Gasteiger partial charge on any atom is 0.229 e. The third-order valence-corrected chi connectivity index (χ3v) is 1.83. The number of H-pyrrole nitrogens is 1. The first-order valence-corrected chi connectivity index (χ1v) is 4.40. The van der Waals surface area contributed by atoms with E-state index in [1.807, 2.05) is 6.92 Å². The Morgan fingerprint density at radius 1 is 1.77 bits per heavy atom. The van der Waals surface area contributed by atoms with Crippen LogP contribution in [0.5, 0.6) is 0 Å². The molecule has 2 N–H and O–H groups in total. The molecule has 5 heteroatoms. The Kier molecular flexibility index (Phi) is 3.42. The maximum atomic E-state index is 11.4. The molecule has 1 amide bonds. The molecule has 0 fully saturated rings. The van der Waals surface area contributed by atoms with Gasteiger partial charge in [0.05, 0.1) is 0 Å². The van der Waals surface area contributed by atoms with Crippen LogP contribution in [0.4, 0.5) is 5.95 Å². The molecule has 5 nitrogen and oxygen atoms in total. The molecule has 0 spiro atoms. The normalized spacial score (nSPS) is 12.5. The van der Waals surface area contributed by atoms with Crippen LogP contribution in [0.25, 0.3) is 0 Å². The predicted molar refractivity (Wildman–Crippen MR) is 49.1 cm³/mol. The van der Waals surface area contributed by atoms with Crippen molar-refractivity contribution < 1.29 is 4.79 Å². The van der Waals surface area contributed by atoms with Gasteiger partial charge in [0.2, 0.25) is 11.9 Å². The van der Waals surface area contributed by atoms with E-state index in [9.17, 15) is 4.79 Å². The molecule has 1 heterocycles. The van der Waals surface area contributed by atoms with Gasteiger partial charge in [-0.25, -0.2) is 5.10 Å². The molecule has 1 aromatic rings. The summed E-state index contributed by atoms with van der Waals surface area (Å²) < 4.78 is 0. The van der Waals surface area contributed by atoms with Gasteiger partial charge in [-0.3, -0.25) is 10.1 Å². The van der Waals surface area contributed by atoms with E-state index in [0.29, 0.717) is 5.95 Å². The first-order valence-electron chi connectivity index (χ1n) is 4.40. The maximum absolute atomic E-state index is 11.4. The molecule has 0 bridgehead atoms. The molecule has 0 radical (unpaired) electrons. The van der Waals surface area contributed by atoms with Crippen molar-refractivity contribution in [3.8, 4) is 0 Å². The molecule has 0 saturated heterocycles. The number of nitrogens with zero attached hydrogens (tertiary/aromatic N) is 2. The van der Waals surface area contributed by atoms with Gasteiger partial charge in [-0.05, 0) is 6.42 Å². The van der Waals surface area contributed by atoms with Gasteiger partial charge in [0.15, 0.2) is 0 Å². The molecule has 13 heavy (non-hydrogen) atoms. The van der Waals surface area contributed by atoms with Crippen molar-refractivity contribution in [1.82, 2.24) is 15.2 Å². The zero-order valence-corrected chi connectivity index (χ0v) is 7.87. The average Bonchev–Trinajstić information content (AvgIpc) is 2.57. The van der Waals surface area contributed by atoms with E-state index in [1.54, 1.807) is 0 Å². The van der Waals surface area contributed by atoms with Gasteiger partial charge >= 0.3 is 0 Å². The zero-order valence-electron chi connectivity index (χ0n) is 7.87. The van der Waals surface area contributed by atoms with E-state index in [1.165, 1.54) is 6.33 Å². The summed E-state index contributed by atoms with van der Waals surface area (Å²) in [6.45, 7) is 3.95. The Balaban J connectivity index is 2.41. The van der Waals surface area contributed by atoms with E-state index < -0.39 is 0 Å². The Morgan fingerprint density at radius 2 is 2.54 bits per heavy atom. The summed E-state index contributed by atoms with van der Waals surface area (Å²) >= 11 is 0. The second-order valence-corrected chi connectivity index (χ2v) is 3.01. The van der Waals surface area contributed by atoms with Gasteiger partial charge in [0, 0.05) is 5.92 Å². The molecule has 0 aliphatic rings. The molecular weight excluding hydrogens is 168 g/mol. The van der Waals surface area contributed by atoms with Crippen molar-refractivity contribution in [1.29, 1.82) is 0 Å². The summed E-state index contributed by atoms with van der Waals surface area (Å²) in [7, 11) is 0. The van der Waals surface area contributed by atoms with Crippen molar-refractivity contribution in [3.63, 3.8) is 0 Å². The van der Waals surface area contributed by atoms with Crippen LogP contribution in [0.2, 0.25) is 0 Å². The highest BCUT2D eigenvalue weighted by molar-refractivity contribution is 5.90. The van der Waals surface area contributed by atoms with Gasteiger partial charge < -0.3 is 0 Å². The standard InChI is InChI=1S/C8H14N4O/c1-3-4-6(2)7(13)11-8-9-5-10-12-8/h5-6H,3-4H2,1-2H3,(H2,9,10,11,12,13). The number of anilines is 1. The average molecular weight is 182 g/mol. The summed E-state index contributed by atoms with van der Waals surface area (Å²) in [5.41, 5.74) is 0. The molecule has 0 aliphatic carbocycles. The summed E-state index contributed by atoms with van der Waals surface area (Å²) in [6, 6.07) is 0. The predicted octanol–water partition coefficient (Wildman–Crippen LogP) is 1.18. The largest absolute Gasteiger partial charge is 0.295 e. The number of aromatic nitrogens is 3. The van der Waals surface area contributed by atoms with Crippen LogP contribution in [0.3, 0.4) is 0 Å². The van der Waals surface area contributed by atoms with Gasteiger partial charge in [0.1, 0.15) is 6.33 Å². The molecule has 0 aromatic carbocycles. The lowest BCUT2D eigenvalue weighted by molar-refractivity contribution is -0.119. The lowest BCUT2D eigenvalue weighted by atomic mass is 10.1. The Labute approximate surface area is 76.9 Å². The first kappa shape index (κ1) is 9.70. The summed E-state index contributed by atoms with van der Waals surface area (Å²) in [6.07, 6.45) is 3.26. The van der Waals surface area contributed by atoms with Crippen molar-refractivity contribution in [2.45, 2.75) is 26.7 Å². The Hall–Kier alpha value is -1.39. The van der Waals surface area contributed by atoms with E-state index >= 15 is 0 Å². The molecule has 0 saturated carbocycles. The van der Waals surface area contributed by atoms with E-state index in [-0.39, 0.29) is 11.8 Å². The topological polar surface area (TPSA) is 70.7 Å². The fourth-order valence-corrected chi connectivity index (χ4v) is 1.07. The van der Waals surface area contributed by atoms with Crippen molar-refractivity contribution in [2.75, 3.05) is 5.32 Å². The Morgan fingerprint density at radius 3 is 3.08 bits per heavy atom. The molecule has 1 unspecified atom stereocenters. The van der Waals surface area contributed by atoms with Gasteiger partial charge in [0.25, 0.3) is 0 Å². The minimum absolute atomic E-state index is 0.0152. The number of carbonyl (C=O) groups is 1. The molecule has 1 rings (SSSR count). The number of hydrogen-bond acceptors (Lipinski definition) is 3. The summed E-state index contributed by atoms with van der Waals surface area (Å²) in [5.74, 6) is 0.418. The lowest BCUT2D eigenvalue weighted by Crippen LogP contribution is -2.20. The smallest absolute Gasteiger partial charge is 0.229 e. The number of carbonyl (C=O) groups excluding carboxylic acids is 1. The SMILES string of the molecule is CCCC(C)C(=O)Nc1ncn[nH]1. The van der Waals surface area contributed by atoms with Gasteiger partial charge in [-0.1, -0.05) is 20.3 Å². The molecular formula is C8H14N4O. The summed E-state index contributed by atoms with van der Waals surface area (Å²) in [5, 5.41) is 8.84. The third kappa shape index (κ3) is 2.85. The van der Waals surface area contributed by atoms with Crippen LogP contribution < -0.4 is 5.32 Å². The number of nitrogens with one attached hydrogen (secondary N) is 2. The van der Waals surface area contributed by atoms with E-state index in [2.05, 4.69) is 27.4 Å². The third-order valence-electron chi connectivity index (χ3n) is 1.83. The molecule has 1 aromatic heterocycles. The second kappa shape index (κ2) is 4.59. The fourth-order valence-electron chi connectivity index (χ4n) is 1.07. The highest BCUT2D eigenvalue weighted by atomic mass is 16.2. The van der Waals surface area contributed by atoms with E-state index in [4.69, 9.17) is 0 Å². The van der Waals surface area contributed by atoms with Gasteiger partial charge in [-0.15, -0.1) is 0 Å². The number of aromatic amines is 1. The van der Waals surface area contributed by atoms with Crippen LogP contribution in [-0.4, -0.2) is 21.1 Å². The van der Waals surface area contributed by atoms with Gasteiger partial charge in [-0.2, -0.15) is 10.1 Å². The van der Waals surface area contributed by atoms with Crippen LogP contribution in [0.1, 0.15) is 26.7 Å². The second-order valence-electron chi connectivity index (χ2n) is 3.01. The molecule has 72 valence electrons. The van der Waals surface area contributed by atoms with E-state index in [0.717, 1.165) is 12.8 Å². The number of hydrogen-bond donors (Lipinski definition) is 2. The molecule has 1 atom stereocenters. The first-order chi connectivity index (χ1) is 6.24. The highest BCUT2D eigenvalue weighted by Gasteiger charge is 2.12. The number of rotatable bonds is 4. The zero-order chi connectivity index (χ0) is 9.68. The number of amides is 1. The molecule has 0 aliphatic heterocycles. The van der Waals surface area contributed by atoms with Crippen molar-refractivity contribution in [2.24, 2.45) is 5.92 Å². The van der Waals surface area contributed by atoms with Crippen molar-refractivity contribution >= 4 is 11.9 Å². The van der Waals surface area contributed by atoms with Crippen LogP contribution in [0, 0.1) is 5.92 Å². The highest BCUT2D eigenvalue weighted by Crippen LogP contribution is 2.07. The monoisotopic (exact) mass is 182 g/mol. The van der Waals surface area contributed by atoms with Crippen LogP contribution in [0.15, 0.2) is 6.33 Å².